The van der Waals surface area contributed by atoms with E-state index in [2.05, 4.69) is 4.74 Å². The number of ether oxygens (including phenoxy) is 3. The third-order valence-electron chi connectivity index (χ3n) is 3.88. The Morgan fingerprint density at radius 3 is 1.55 bits per heavy atom. The highest BCUT2D eigenvalue weighted by atomic mass is 16.7. The lowest BCUT2D eigenvalue weighted by molar-refractivity contribution is -0.111. The number of methoxy groups -OCH3 is 1. The van der Waals surface area contributed by atoms with Crippen molar-refractivity contribution in [2.45, 2.75) is 90.3 Å². The molecule has 1 radical (unpaired) electrons. The molecule has 0 aliphatic carbocycles. The van der Waals surface area contributed by atoms with Crippen LogP contribution in [0.2, 0.25) is 0 Å². The van der Waals surface area contributed by atoms with E-state index in [9.17, 15) is 4.79 Å². The second kappa shape index (κ2) is 18.4. The molecule has 0 heterocycles. The van der Waals surface area contributed by atoms with Crippen LogP contribution < -0.4 is 0 Å². The first-order valence-electron chi connectivity index (χ1n) is 8.94. The van der Waals surface area contributed by atoms with Gasteiger partial charge in [0.1, 0.15) is 0 Å². The molecule has 0 rings (SSSR count). The molecule has 131 valence electrons. The average molecular weight is 315 g/mol. The minimum absolute atomic E-state index is 0.0733. The van der Waals surface area contributed by atoms with E-state index >= 15 is 0 Å². The van der Waals surface area contributed by atoms with Crippen LogP contribution in [0, 0.1) is 0 Å². The predicted molar refractivity (Wildman–Crippen MR) is 89.5 cm³/mol. The molecular formula is C18H35O4. The van der Waals surface area contributed by atoms with E-state index in [4.69, 9.17) is 9.47 Å². The molecule has 0 aromatic rings. The summed E-state index contributed by atoms with van der Waals surface area (Å²) < 4.78 is 15.0. The summed E-state index contributed by atoms with van der Waals surface area (Å²) in [5.41, 5.74) is 0. The maximum atomic E-state index is 9.82. The second-order valence-electron chi connectivity index (χ2n) is 5.85. The SMILES string of the molecule is COC(C)OCCCCCCCCCCCCCCO[C]=O. The molecular weight excluding hydrogens is 280 g/mol. The van der Waals surface area contributed by atoms with Crippen molar-refractivity contribution in [2.24, 2.45) is 0 Å². The Labute approximate surface area is 136 Å². The summed E-state index contributed by atoms with van der Waals surface area (Å²) in [6, 6.07) is 0. The van der Waals surface area contributed by atoms with Crippen LogP contribution in [0.15, 0.2) is 0 Å². The lowest BCUT2D eigenvalue weighted by atomic mass is 10.1. The van der Waals surface area contributed by atoms with Crippen LogP contribution in [0.1, 0.15) is 84.0 Å². The number of hydrogen-bond donors (Lipinski definition) is 0. The smallest absolute Gasteiger partial charge is 0.417 e. The Kier molecular flexibility index (Phi) is 17.9. The zero-order chi connectivity index (χ0) is 16.3. The van der Waals surface area contributed by atoms with E-state index in [1.54, 1.807) is 7.11 Å². The van der Waals surface area contributed by atoms with E-state index in [0.717, 1.165) is 25.9 Å². The lowest BCUT2D eigenvalue weighted by Crippen LogP contribution is -2.10. The number of rotatable bonds is 18. The fourth-order valence-corrected chi connectivity index (χ4v) is 2.40. The highest BCUT2D eigenvalue weighted by Gasteiger charge is 1.98. The van der Waals surface area contributed by atoms with Crippen LogP contribution >= 0.6 is 0 Å². The van der Waals surface area contributed by atoms with Gasteiger partial charge in [0, 0.05) is 13.7 Å². The van der Waals surface area contributed by atoms with Crippen molar-refractivity contribution in [3.63, 3.8) is 0 Å². The molecule has 1 atom stereocenters. The van der Waals surface area contributed by atoms with Crippen molar-refractivity contribution in [3.05, 3.63) is 0 Å². The first-order chi connectivity index (χ1) is 10.8. The van der Waals surface area contributed by atoms with Gasteiger partial charge in [0.25, 0.3) is 0 Å². The maximum absolute atomic E-state index is 9.82. The van der Waals surface area contributed by atoms with Gasteiger partial charge in [-0.2, -0.15) is 0 Å². The summed E-state index contributed by atoms with van der Waals surface area (Å²) in [5.74, 6) is 0. The van der Waals surface area contributed by atoms with Crippen molar-refractivity contribution in [3.8, 4) is 0 Å². The van der Waals surface area contributed by atoms with Gasteiger partial charge in [-0.15, -0.1) is 0 Å². The van der Waals surface area contributed by atoms with Crippen molar-refractivity contribution >= 4 is 6.47 Å². The van der Waals surface area contributed by atoms with Crippen LogP contribution in [0.3, 0.4) is 0 Å². The van der Waals surface area contributed by atoms with Gasteiger partial charge in [-0.3, -0.25) is 0 Å². The van der Waals surface area contributed by atoms with Gasteiger partial charge in [0.05, 0.1) is 6.61 Å². The van der Waals surface area contributed by atoms with E-state index in [1.807, 2.05) is 6.92 Å². The monoisotopic (exact) mass is 315 g/mol. The Morgan fingerprint density at radius 2 is 1.14 bits per heavy atom. The van der Waals surface area contributed by atoms with Crippen molar-refractivity contribution in [1.82, 2.24) is 0 Å². The van der Waals surface area contributed by atoms with Crippen LogP contribution in [0.4, 0.5) is 0 Å². The minimum atomic E-state index is -0.0733. The lowest BCUT2D eigenvalue weighted by Gasteiger charge is -2.10. The average Bonchev–Trinajstić information content (AvgIpc) is 2.54. The highest BCUT2D eigenvalue weighted by Crippen LogP contribution is 2.12. The molecule has 0 bridgehead atoms. The fourth-order valence-electron chi connectivity index (χ4n) is 2.40. The molecule has 4 nitrogen and oxygen atoms in total. The van der Waals surface area contributed by atoms with Crippen LogP contribution in [0.5, 0.6) is 0 Å². The molecule has 0 saturated carbocycles. The van der Waals surface area contributed by atoms with Gasteiger partial charge < -0.3 is 14.2 Å². The molecule has 0 saturated heterocycles. The molecule has 0 aromatic heterocycles. The Balaban J connectivity index is 2.98. The van der Waals surface area contributed by atoms with Gasteiger partial charge in [-0.05, 0) is 19.8 Å². The number of hydrogen-bond acceptors (Lipinski definition) is 4. The zero-order valence-corrected chi connectivity index (χ0v) is 14.6. The summed E-state index contributed by atoms with van der Waals surface area (Å²) in [7, 11) is 1.67. The molecule has 0 aliphatic rings. The summed E-state index contributed by atoms with van der Waals surface area (Å²) in [4.78, 5) is 9.82. The Bertz CT molecular complexity index is 221. The summed E-state index contributed by atoms with van der Waals surface area (Å²) in [6.07, 6.45) is 15.1. The molecule has 22 heavy (non-hydrogen) atoms. The molecule has 0 fully saturated rings. The molecule has 1 unspecified atom stereocenters. The van der Waals surface area contributed by atoms with Crippen molar-refractivity contribution in [2.75, 3.05) is 20.3 Å². The standard InChI is InChI=1S/C18H35O4/c1-18(20-2)22-16-14-12-10-8-6-4-3-5-7-9-11-13-15-21-17-19/h18H,3-16H2,1-2H3. The largest absolute Gasteiger partial charge is 0.457 e. The number of carbonyl (C=O) groups excluding carboxylic acids is 1. The minimum Gasteiger partial charge on any atom is -0.457 e. The molecule has 0 aromatic carbocycles. The molecule has 0 N–H and O–H groups in total. The van der Waals surface area contributed by atoms with Crippen molar-refractivity contribution in [1.29, 1.82) is 0 Å². The molecule has 0 spiro atoms. The quantitative estimate of drug-likeness (QED) is 0.270. The first kappa shape index (κ1) is 21.4. The fraction of sp³-hybridized carbons (Fsp3) is 0.944. The van der Waals surface area contributed by atoms with Crippen LogP contribution in [0.25, 0.3) is 0 Å². The van der Waals surface area contributed by atoms with E-state index in [-0.39, 0.29) is 6.29 Å². The number of unbranched alkanes of at least 4 members (excludes halogenated alkanes) is 11. The van der Waals surface area contributed by atoms with Crippen molar-refractivity contribution < 1.29 is 19.0 Å². The third kappa shape index (κ3) is 17.4. The summed E-state index contributed by atoms with van der Waals surface area (Å²) >= 11 is 0. The normalized spacial score (nSPS) is 12.3. The maximum Gasteiger partial charge on any atom is 0.417 e. The second-order valence-corrected chi connectivity index (χ2v) is 5.85. The predicted octanol–water partition coefficient (Wildman–Crippen LogP) is 4.76. The molecule has 4 heteroatoms. The topological polar surface area (TPSA) is 44.8 Å². The first-order valence-corrected chi connectivity index (χ1v) is 8.94. The molecule has 0 aliphatic heterocycles. The van der Waals surface area contributed by atoms with Crippen LogP contribution in [-0.4, -0.2) is 33.1 Å². The Hall–Kier alpha value is -0.610. The third-order valence-corrected chi connectivity index (χ3v) is 3.88. The molecule has 0 amide bonds. The van der Waals surface area contributed by atoms with Crippen LogP contribution in [-0.2, 0) is 19.0 Å². The van der Waals surface area contributed by atoms with Gasteiger partial charge in [0.15, 0.2) is 6.29 Å². The van der Waals surface area contributed by atoms with E-state index < -0.39 is 0 Å². The Morgan fingerprint density at radius 1 is 0.727 bits per heavy atom. The van der Waals surface area contributed by atoms with Gasteiger partial charge in [0.2, 0.25) is 0 Å². The zero-order valence-electron chi connectivity index (χ0n) is 14.6. The van der Waals surface area contributed by atoms with Gasteiger partial charge in [-0.1, -0.05) is 64.2 Å². The summed E-state index contributed by atoms with van der Waals surface area (Å²) in [6.45, 7) is 4.72. The van der Waals surface area contributed by atoms with Gasteiger partial charge >= 0.3 is 6.47 Å². The highest BCUT2D eigenvalue weighted by molar-refractivity contribution is 5.37. The van der Waals surface area contributed by atoms with E-state index in [1.165, 1.54) is 64.3 Å². The summed E-state index contributed by atoms with van der Waals surface area (Å²) in [5, 5.41) is 0. The van der Waals surface area contributed by atoms with E-state index in [0.29, 0.717) is 6.61 Å². The van der Waals surface area contributed by atoms with Gasteiger partial charge in [-0.25, -0.2) is 4.79 Å².